The number of nitrogens with one attached hydrogen (secondary N) is 1. The maximum Gasteiger partial charge on any atom is 0.573 e. The Hall–Kier alpha value is -2.29. The van der Waals surface area contributed by atoms with Gasteiger partial charge in [0.15, 0.2) is 0 Å². The third-order valence-electron chi connectivity index (χ3n) is 4.11. The molecular formula is C16H17F3N2O4. The molecule has 1 N–H and O–H groups in total. The lowest BCUT2D eigenvalue weighted by Crippen LogP contribution is -2.45. The molecule has 0 spiro atoms. The topological polar surface area (TPSA) is 67.9 Å². The quantitative estimate of drug-likeness (QED) is 0.894. The van der Waals surface area contributed by atoms with Gasteiger partial charge in [0, 0.05) is 24.9 Å². The van der Waals surface area contributed by atoms with Crippen LogP contribution in [0.1, 0.15) is 19.3 Å². The van der Waals surface area contributed by atoms with Crippen LogP contribution in [0.15, 0.2) is 24.3 Å². The van der Waals surface area contributed by atoms with Crippen molar-refractivity contribution in [3.05, 3.63) is 24.3 Å². The maximum atomic E-state index is 12.5. The Morgan fingerprint density at radius 3 is 2.80 bits per heavy atom. The molecule has 1 aromatic rings. The third-order valence-corrected chi connectivity index (χ3v) is 4.11. The normalized spacial score (nSPS) is 23.8. The summed E-state index contributed by atoms with van der Waals surface area (Å²) in [6.45, 7) is 0.819. The molecule has 0 saturated carbocycles. The summed E-state index contributed by atoms with van der Waals surface area (Å²) in [6.07, 6.45) is -3.54. The lowest BCUT2D eigenvalue weighted by Gasteiger charge is -2.19. The Morgan fingerprint density at radius 1 is 1.32 bits per heavy atom. The molecule has 2 aliphatic rings. The summed E-state index contributed by atoms with van der Waals surface area (Å²) < 4.78 is 46.1. The van der Waals surface area contributed by atoms with Crippen molar-refractivity contribution in [1.29, 1.82) is 0 Å². The number of alkyl halides is 3. The van der Waals surface area contributed by atoms with Crippen LogP contribution in [0.2, 0.25) is 0 Å². The molecule has 2 heterocycles. The number of hydrogen-bond donors (Lipinski definition) is 1. The van der Waals surface area contributed by atoms with Crippen LogP contribution in [0.5, 0.6) is 5.75 Å². The first kappa shape index (κ1) is 17.5. The predicted molar refractivity (Wildman–Crippen MR) is 81.0 cm³/mol. The first-order chi connectivity index (χ1) is 11.8. The Kier molecular flexibility index (Phi) is 4.85. The average molecular weight is 358 g/mol. The molecule has 2 saturated heterocycles. The monoisotopic (exact) mass is 358 g/mol. The summed E-state index contributed by atoms with van der Waals surface area (Å²) >= 11 is 0. The molecule has 136 valence electrons. The van der Waals surface area contributed by atoms with Crippen molar-refractivity contribution in [2.45, 2.75) is 37.8 Å². The van der Waals surface area contributed by atoms with Gasteiger partial charge in [-0.2, -0.15) is 0 Å². The summed E-state index contributed by atoms with van der Waals surface area (Å²) in [4.78, 5) is 25.8. The number of amides is 2. The van der Waals surface area contributed by atoms with E-state index in [-0.39, 0.29) is 11.8 Å². The van der Waals surface area contributed by atoms with Crippen molar-refractivity contribution in [2.24, 2.45) is 0 Å². The van der Waals surface area contributed by atoms with E-state index in [1.54, 1.807) is 0 Å². The molecule has 2 aliphatic heterocycles. The van der Waals surface area contributed by atoms with Crippen LogP contribution in [0.4, 0.5) is 18.9 Å². The minimum Gasteiger partial charge on any atom is -0.406 e. The van der Waals surface area contributed by atoms with E-state index in [9.17, 15) is 22.8 Å². The average Bonchev–Trinajstić information content (AvgIpc) is 3.17. The number of nitrogens with zero attached hydrogens (tertiary/aromatic N) is 1. The van der Waals surface area contributed by atoms with Crippen molar-refractivity contribution in [2.75, 3.05) is 18.1 Å². The second kappa shape index (κ2) is 6.91. The molecule has 1 aromatic carbocycles. The number of benzene rings is 1. The number of rotatable bonds is 4. The SMILES string of the molecule is O=C(N[C@@H]1CCN(c2cccc(OC(F)(F)F)c2)C1=O)[C@H]1CCCO1. The van der Waals surface area contributed by atoms with E-state index in [1.165, 1.54) is 17.0 Å². The first-order valence-electron chi connectivity index (χ1n) is 7.93. The van der Waals surface area contributed by atoms with Gasteiger partial charge in [-0.1, -0.05) is 6.07 Å². The number of carbonyl (C=O) groups is 2. The minimum absolute atomic E-state index is 0.292. The second-order valence-electron chi connectivity index (χ2n) is 5.89. The smallest absolute Gasteiger partial charge is 0.406 e. The highest BCUT2D eigenvalue weighted by atomic mass is 19.4. The van der Waals surface area contributed by atoms with Gasteiger partial charge in [0.25, 0.3) is 0 Å². The fraction of sp³-hybridized carbons (Fsp3) is 0.500. The van der Waals surface area contributed by atoms with E-state index in [4.69, 9.17) is 4.74 Å². The van der Waals surface area contributed by atoms with Crippen molar-refractivity contribution >= 4 is 17.5 Å². The van der Waals surface area contributed by atoms with Crippen LogP contribution in [-0.4, -0.2) is 43.5 Å². The highest BCUT2D eigenvalue weighted by Gasteiger charge is 2.36. The fourth-order valence-electron chi connectivity index (χ4n) is 2.97. The van der Waals surface area contributed by atoms with Gasteiger partial charge in [-0.05, 0) is 31.4 Å². The highest BCUT2D eigenvalue weighted by molar-refractivity contribution is 6.01. The van der Waals surface area contributed by atoms with Crippen LogP contribution in [-0.2, 0) is 14.3 Å². The second-order valence-corrected chi connectivity index (χ2v) is 5.89. The van der Waals surface area contributed by atoms with Gasteiger partial charge in [0.1, 0.15) is 17.9 Å². The zero-order valence-corrected chi connectivity index (χ0v) is 13.2. The molecule has 6 nitrogen and oxygen atoms in total. The molecule has 25 heavy (non-hydrogen) atoms. The molecule has 0 bridgehead atoms. The van der Waals surface area contributed by atoms with Crippen LogP contribution in [0.3, 0.4) is 0 Å². The van der Waals surface area contributed by atoms with Gasteiger partial charge in [-0.3, -0.25) is 9.59 Å². The van der Waals surface area contributed by atoms with Crippen molar-refractivity contribution in [3.8, 4) is 5.75 Å². The molecule has 2 amide bonds. The van der Waals surface area contributed by atoms with Gasteiger partial charge in [-0.25, -0.2) is 0 Å². The Labute approximate surface area is 141 Å². The predicted octanol–water partition coefficient (Wildman–Crippen LogP) is 1.99. The third kappa shape index (κ3) is 4.22. The number of carbonyl (C=O) groups excluding carboxylic acids is 2. The summed E-state index contributed by atoms with van der Waals surface area (Å²) in [5.74, 6) is -1.09. The lowest BCUT2D eigenvalue weighted by molar-refractivity contribution is -0.274. The molecule has 0 aromatic heterocycles. The van der Waals surface area contributed by atoms with Crippen molar-refractivity contribution in [3.63, 3.8) is 0 Å². The van der Waals surface area contributed by atoms with E-state index in [2.05, 4.69) is 10.1 Å². The zero-order valence-electron chi connectivity index (χ0n) is 13.2. The number of halogens is 3. The standard InChI is InChI=1S/C16H17F3N2O4/c17-16(18,19)25-11-4-1-3-10(9-11)21-7-6-12(15(21)23)20-14(22)13-5-2-8-24-13/h1,3-4,9,12-13H,2,5-8H2,(H,20,22)/t12-,13-/m1/s1. The molecule has 9 heteroatoms. The summed E-state index contributed by atoms with van der Waals surface area (Å²) in [5, 5.41) is 2.66. The highest BCUT2D eigenvalue weighted by Crippen LogP contribution is 2.29. The summed E-state index contributed by atoms with van der Waals surface area (Å²) in [5.41, 5.74) is 0.292. The lowest BCUT2D eigenvalue weighted by atomic mass is 10.2. The fourth-order valence-corrected chi connectivity index (χ4v) is 2.97. The number of hydrogen-bond acceptors (Lipinski definition) is 4. The molecular weight excluding hydrogens is 341 g/mol. The van der Waals surface area contributed by atoms with Crippen molar-refractivity contribution in [1.82, 2.24) is 5.32 Å². The maximum absolute atomic E-state index is 12.5. The van der Waals surface area contributed by atoms with E-state index in [1.807, 2.05) is 0 Å². The molecule has 3 rings (SSSR count). The van der Waals surface area contributed by atoms with Gasteiger partial charge in [0.2, 0.25) is 11.8 Å². The largest absolute Gasteiger partial charge is 0.573 e. The molecule has 2 atom stereocenters. The van der Waals surface area contributed by atoms with E-state index in [0.717, 1.165) is 18.6 Å². The number of anilines is 1. The number of ether oxygens (including phenoxy) is 2. The van der Waals surface area contributed by atoms with E-state index in [0.29, 0.717) is 31.7 Å². The van der Waals surface area contributed by atoms with Crippen LogP contribution < -0.4 is 15.0 Å². The summed E-state index contributed by atoms with van der Waals surface area (Å²) in [6, 6.07) is 4.50. The van der Waals surface area contributed by atoms with E-state index >= 15 is 0 Å². The summed E-state index contributed by atoms with van der Waals surface area (Å²) in [7, 11) is 0. The first-order valence-corrected chi connectivity index (χ1v) is 7.93. The van der Waals surface area contributed by atoms with Crippen LogP contribution in [0.25, 0.3) is 0 Å². The Balaban J connectivity index is 1.65. The minimum atomic E-state index is -4.80. The molecule has 0 aliphatic carbocycles. The molecule has 2 fully saturated rings. The van der Waals surface area contributed by atoms with E-state index < -0.39 is 24.3 Å². The zero-order chi connectivity index (χ0) is 18.0. The van der Waals surface area contributed by atoms with Crippen LogP contribution in [0, 0.1) is 0 Å². The van der Waals surface area contributed by atoms with Gasteiger partial charge in [-0.15, -0.1) is 13.2 Å². The van der Waals surface area contributed by atoms with Gasteiger partial charge < -0.3 is 19.7 Å². The molecule has 0 unspecified atom stereocenters. The van der Waals surface area contributed by atoms with Gasteiger partial charge in [0.05, 0.1) is 0 Å². The van der Waals surface area contributed by atoms with Crippen LogP contribution >= 0.6 is 0 Å². The van der Waals surface area contributed by atoms with Gasteiger partial charge >= 0.3 is 6.36 Å². The Morgan fingerprint density at radius 2 is 2.12 bits per heavy atom. The molecule has 0 radical (unpaired) electrons. The Bertz CT molecular complexity index is 659. The van der Waals surface area contributed by atoms with Crippen molar-refractivity contribution < 1.29 is 32.2 Å².